The van der Waals surface area contributed by atoms with Crippen LogP contribution in [0.3, 0.4) is 0 Å². The Bertz CT molecular complexity index is 1070. The van der Waals surface area contributed by atoms with Crippen LogP contribution >= 0.6 is 11.8 Å². The monoisotopic (exact) mass is 444 g/mol. The fourth-order valence-corrected chi connectivity index (χ4v) is 5.20. The van der Waals surface area contributed by atoms with E-state index in [0.29, 0.717) is 17.9 Å². The lowest BCUT2D eigenvalue weighted by Crippen LogP contribution is -2.45. The van der Waals surface area contributed by atoms with Crippen molar-refractivity contribution >= 4 is 23.6 Å². The molecule has 0 aliphatic carbocycles. The first-order chi connectivity index (χ1) is 15.4. The van der Waals surface area contributed by atoms with Gasteiger partial charge in [-0.2, -0.15) is 0 Å². The molecule has 5 heteroatoms. The maximum atomic E-state index is 12.9. The van der Waals surface area contributed by atoms with Crippen molar-refractivity contribution < 1.29 is 9.59 Å². The standard InChI is InChI=1S/C27H28N2O2S/c1-27(2,17-20-9-5-3-6-10-20)28-25(31)22-13-15-23(16-14-22)26-29(24(30)19-32-26)18-21-11-7-4-8-12-21/h3-16,26H,17-19H2,1-2H3,(H,28,31)/t26-/m1/s1. The largest absolute Gasteiger partial charge is 0.347 e. The quantitative estimate of drug-likeness (QED) is 0.544. The highest BCUT2D eigenvalue weighted by molar-refractivity contribution is 8.00. The number of carbonyl (C=O) groups is 2. The van der Waals surface area contributed by atoms with Crippen molar-refractivity contribution in [3.63, 3.8) is 0 Å². The molecule has 4 nitrogen and oxygen atoms in total. The molecule has 1 fully saturated rings. The van der Waals surface area contributed by atoms with E-state index in [1.807, 2.05) is 91.5 Å². The molecule has 1 aliphatic heterocycles. The Morgan fingerprint density at radius 3 is 2.16 bits per heavy atom. The van der Waals surface area contributed by atoms with Crippen LogP contribution in [0.2, 0.25) is 0 Å². The fraction of sp³-hybridized carbons (Fsp3) is 0.259. The summed E-state index contributed by atoms with van der Waals surface area (Å²) in [5.41, 5.74) is 3.60. The third kappa shape index (κ3) is 5.40. The molecule has 0 unspecified atom stereocenters. The first-order valence-electron chi connectivity index (χ1n) is 10.8. The van der Waals surface area contributed by atoms with Crippen LogP contribution in [-0.4, -0.2) is 28.0 Å². The van der Waals surface area contributed by atoms with Crippen molar-refractivity contribution in [3.8, 4) is 0 Å². The molecule has 0 aromatic heterocycles. The molecule has 0 saturated carbocycles. The maximum Gasteiger partial charge on any atom is 0.251 e. The summed E-state index contributed by atoms with van der Waals surface area (Å²) >= 11 is 1.63. The van der Waals surface area contributed by atoms with Crippen molar-refractivity contribution in [1.82, 2.24) is 10.2 Å². The Morgan fingerprint density at radius 2 is 1.53 bits per heavy atom. The van der Waals surface area contributed by atoms with Crippen molar-refractivity contribution in [3.05, 3.63) is 107 Å². The number of nitrogens with one attached hydrogen (secondary N) is 1. The molecule has 0 radical (unpaired) electrons. The van der Waals surface area contributed by atoms with Crippen LogP contribution in [-0.2, 0) is 17.8 Å². The highest BCUT2D eigenvalue weighted by Gasteiger charge is 2.33. The topological polar surface area (TPSA) is 49.4 Å². The fourth-order valence-electron chi connectivity index (χ4n) is 4.01. The second-order valence-electron chi connectivity index (χ2n) is 8.79. The second kappa shape index (κ2) is 9.61. The zero-order chi connectivity index (χ0) is 22.6. The van der Waals surface area contributed by atoms with E-state index >= 15 is 0 Å². The predicted molar refractivity (Wildman–Crippen MR) is 130 cm³/mol. The highest BCUT2D eigenvalue weighted by atomic mass is 32.2. The third-order valence-corrected chi connectivity index (χ3v) is 6.82. The lowest BCUT2D eigenvalue weighted by molar-refractivity contribution is -0.128. The summed E-state index contributed by atoms with van der Waals surface area (Å²) in [4.78, 5) is 27.3. The predicted octanol–water partition coefficient (Wildman–Crippen LogP) is 5.21. The Balaban J connectivity index is 1.43. The molecule has 32 heavy (non-hydrogen) atoms. The van der Waals surface area contributed by atoms with E-state index in [1.54, 1.807) is 11.8 Å². The van der Waals surface area contributed by atoms with E-state index in [4.69, 9.17) is 0 Å². The number of nitrogens with zero attached hydrogens (tertiary/aromatic N) is 1. The normalized spacial score (nSPS) is 16.2. The highest BCUT2D eigenvalue weighted by Crippen LogP contribution is 2.39. The lowest BCUT2D eigenvalue weighted by Gasteiger charge is -2.27. The van der Waals surface area contributed by atoms with Crippen LogP contribution in [0.1, 0.15) is 46.3 Å². The summed E-state index contributed by atoms with van der Waals surface area (Å²) in [7, 11) is 0. The lowest BCUT2D eigenvalue weighted by atomic mass is 9.94. The summed E-state index contributed by atoms with van der Waals surface area (Å²) in [6.07, 6.45) is 0.757. The van der Waals surface area contributed by atoms with Gasteiger partial charge in [0.25, 0.3) is 5.91 Å². The molecular weight excluding hydrogens is 416 g/mol. The van der Waals surface area contributed by atoms with Gasteiger partial charge in [-0.05, 0) is 49.1 Å². The van der Waals surface area contributed by atoms with Gasteiger partial charge < -0.3 is 10.2 Å². The van der Waals surface area contributed by atoms with Gasteiger partial charge in [0.05, 0.1) is 5.75 Å². The number of rotatable bonds is 7. The Hall–Kier alpha value is -3.05. The summed E-state index contributed by atoms with van der Waals surface area (Å²) < 4.78 is 0. The molecule has 1 saturated heterocycles. The molecule has 0 bridgehead atoms. The zero-order valence-electron chi connectivity index (χ0n) is 18.5. The van der Waals surface area contributed by atoms with E-state index in [2.05, 4.69) is 17.4 Å². The summed E-state index contributed by atoms with van der Waals surface area (Å²) in [5, 5.41) is 3.12. The van der Waals surface area contributed by atoms with Gasteiger partial charge in [-0.3, -0.25) is 9.59 Å². The van der Waals surface area contributed by atoms with Crippen LogP contribution in [0.15, 0.2) is 84.9 Å². The average Bonchev–Trinajstić information content (AvgIpc) is 3.14. The van der Waals surface area contributed by atoms with Crippen molar-refractivity contribution in [2.24, 2.45) is 0 Å². The second-order valence-corrected chi connectivity index (χ2v) is 9.86. The zero-order valence-corrected chi connectivity index (χ0v) is 19.3. The Morgan fingerprint density at radius 1 is 0.938 bits per heavy atom. The third-order valence-electron chi connectivity index (χ3n) is 5.56. The van der Waals surface area contributed by atoms with Gasteiger partial charge >= 0.3 is 0 Å². The smallest absolute Gasteiger partial charge is 0.251 e. The molecule has 3 aromatic rings. The van der Waals surface area contributed by atoms with Crippen LogP contribution in [0, 0.1) is 0 Å². The number of hydrogen-bond acceptors (Lipinski definition) is 3. The van der Waals surface area contributed by atoms with E-state index in [-0.39, 0.29) is 22.7 Å². The first-order valence-corrected chi connectivity index (χ1v) is 11.9. The summed E-state index contributed by atoms with van der Waals surface area (Å²) in [6, 6.07) is 27.8. The molecule has 164 valence electrons. The van der Waals surface area contributed by atoms with Crippen molar-refractivity contribution in [2.45, 2.75) is 37.7 Å². The van der Waals surface area contributed by atoms with E-state index in [0.717, 1.165) is 17.5 Å². The summed E-state index contributed by atoms with van der Waals surface area (Å²) in [6.45, 7) is 4.66. The van der Waals surface area contributed by atoms with Gasteiger partial charge in [-0.25, -0.2) is 0 Å². The Kier molecular flexibility index (Phi) is 6.66. The van der Waals surface area contributed by atoms with Crippen LogP contribution in [0.4, 0.5) is 0 Å². The minimum Gasteiger partial charge on any atom is -0.347 e. The van der Waals surface area contributed by atoms with Gasteiger partial charge in [0.2, 0.25) is 5.91 Å². The van der Waals surface area contributed by atoms with E-state index in [9.17, 15) is 9.59 Å². The molecular formula is C27H28N2O2S. The first kappa shape index (κ1) is 22.2. The number of thioether (sulfide) groups is 1. The molecule has 1 heterocycles. The Labute approximate surface area is 194 Å². The van der Waals surface area contributed by atoms with Crippen LogP contribution in [0.25, 0.3) is 0 Å². The molecule has 1 aliphatic rings. The van der Waals surface area contributed by atoms with Crippen LogP contribution < -0.4 is 5.32 Å². The number of hydrogen-bond donors (Lipinski definition) is 1. The molecule has 0 spiro atoms. The average molecular weight is 445 g/mol. The minimum atomic E-state index is -0.364. The van der Waals surface area contributed by atoms with E-state index in [1.165, 1.54) is 5.56 Å². The number of benzene rings is 3. The molecule has 2 amide bonds. The van der Waals surface area contributed by atoms with Gasteiger partial charge in [-0.1, -0.05) is 72.8 Å². The molecule has 1 atom stereocenters. The van der Waals surface area contributed by atoms with Crippen molar-refractivity contribution in [2.75, 3.05) is 5.75 Å². The van der Waals surface area contributed by atoms with Gasteiger partial charge in [-0.15, -0.1) is 11.8 Å². The summed E-state index contributed by atoms with van der Waals surface area (Å²) in [5.74, 6) is 0.537. The van der Waals surface area contributed by atoms with Gasteiger partial charge in [0.1, 0.15) is 5.37 Å². The SMILES string of the molecule is CC(C)(Cc1ccccc1)NC(=O)c1ccc([C@H]2SCC(=O)N2Cc2ccccc2)cc1. The molecule has 3 aromatic carbocycles. The minimum absolute atomic E-state index is 0.0330. The van der Waals surface area contributed by atoms with Crippen LogP contribution in [0.5, 0.6) is 0 Å². The number of amides is 2. The maximum absolute atomic E-state index is 12.9. The molecule has 1 N–H and O–H groups in total. The number of carbonyl (C=O) groups excluding carboxylic acids is 2. The molecule has 4 rings (SSSR count). The van der Waals surface area contributed by atoms with Gasteiger partial charge in [0, 0.05) is 17.6 Å². The van der Waals surface area contributed by atoms with Gasteiger partial charge in [0.15, 0.2) is 0 Å². The van der Waals surface area contributed by atoms with E-state index < -0.39 is 0 Å². The van der Waals surface area contributed by atoms with Crippen molar-refractivity contribution in [1.29, 1.82) is 0 Å².